The van der Waals surface area contributed by atoms with Crippen LogP contribution in [0.25, 0.3) is 6.08 Å². The molecule has 3 rings (SSSR count). The van der Waals surface area contributed by atoms with E-state index >= 15 is 0 Å². The molecule has 2 aromatic rings. The third-order valence-corrected chi connectivity index (χ3v) is 5.62. The number of rotatable bonds is 11. The first kappa shape index (κ1) is 27.0. The Morgan fingerprint density at radius 2 is 1.92 bits per heavy atom. The van der Waals surface area contributed by atoms with Crippen LogP contribution in [0, 0.1) is 0 Å². The lowest BCUT2D eigenvalue weighted by atomic mass is 10.0. The molecule has 0 saturated carbocycles. The van der Waals surface area contributed by atoms with Crippen molar-refractivity contribution in [1.29, 1.82) is 0 Å². The number of amidine groups is 1. The largest absolute Gasteiger partial charge is 0.387 e. The summed E-state index contributed by atoms with van der Waals surface area (Å²) < 4.78 is 0. The summed E-state index contributed by atoms with van der Waals surface area (Å²) in [6.45, 7) is 5.91. The van der Waals surface area contributed by atoms with Gasteiger partial charge in [-0.15, -0.1) is 0 Å². The zero-order valence-electron chi connectivity index (χ0n) is 20.8. The number of nitrogens with one attached hydrogen (secondary N) is 2. The van der Waals surface area contributed by atoms with Gasteiger partial charge in [-0.25, -0.2) is 4.99 Å². The third-order valence-electron chi connectivity index (χ3n) is 5.62. The number of aliphatic imine (C=N–C) groups is 1. The number of nitrogens with two attached hydrogens (primary N) is 2. The van der Waals surface area contributed by atoms with E-state index in [0.717, 1.165) is 24.0 Å². The Bertz CT molecular complexity index is 1140. The van der Waals surface area contributed by atoms with Crippen LogP contribution in [0.2, 0.25) is 0 Å². The van der Waals surface area contributed by atoms with Gasteiger partial charge >= 0.3 is 0 Å². The summed E-state index contributed by atoms with van der Waals surface area (Å²) in [5.41, 5.74) is 15.1. The molecule has 36 heavy (non-hydrogen) atoms. The Kier molecular flexibility index (Phi) is 9.69. The zero-order valence-corrected chi connectivity index (χ0v) is 20.8. The summed E-state index contributed by atoms with van der Waals surface area (Å²) in [5, 5.41) is 15.3. The van der Waals surface area contributed by atoms with Crippen LogP contribution in [-0.4, -0.2) is 58.5 Å². The minimum absolute atomic E-state index is 0.0348. The second kappa shape index (κ2) is 12.9. The molecular weight excluding hydrogens is 458 g/mol. The van der Waals surface area contributed by atoms with Gasteiger partial charge in [0.15, 0.2) is 0 Å². The van der Waals surface area contributed by atoms with Crippen LogP contribution in [0.15, 0.2) is 47.2 Å². The molecule has 1 aromatic carbocycles. The number of anilines is 1. The zero-order chi connectivity index (χ0) is 26.1. The number of carbonyl (C=O) groups is 2. The predicted molar refractivity (Wildman–Crippen MR) is 142 cm³/mol. The molecule has 10 nitrogen and oxygen atoms in total. The van der Waals surface area contributed by atoms with Gasteiger partial charge in [0.25, 0.3) is 5.91 Å². The fraction of sp³-hybridized carbons (Fsp3) is 0.385. The molecule has 0 fully saturated rings. The standard InChI is InChI=1S/C26H35N7O3/c1-3-7-33(8-4-2)26(36)20-10-18-5-6-19(11-22(18)32-23(28)12-20)25(35)31-21-9-17(14-29-16-21)15-30-24(34)13-27/h5-6,9-11,14,16,24,30,34H,3-4,7-8,12-13,15,27H2,1-2H3,(H2,28,32)(H,31,35). The number of aliphatic hydroxyl groups is 1. The molecule has 7 N–H and O–H groups in total. The van der Waals surface area contributed by atoms with Crippen LogP contribution in [0.3, 0.4) is 0 Å². The average Bonchev–Trinajstić information content (AvgIpc) is 3.04. The predicted octanol–water partition coefficient (Wildman–Crippen LogP) is 2.12. The van der Waals surface area contributed by atoms with E-state index in [1.165, 1.54) is 0 Å². The second-order valence-corrected chi connectivity index (χ2v) is 8.68. The van der Waals surface area contributed by atoms with Gasteiger partial charge in [0.05, 0.1) is 17.6 Å². The lowest BCUT2D eigenvalue weighted by Crippen LogP contribution is -2.35. The van der Waals surface area contributed by atoms with Crippen molar-refractivity contribution >= 4 is 35.1 Å². The van der Waals surface area contributed by atoms with Gasteiger partial charge in [-0.3, -0.25) is 19.9 Å². The van der Waals surface area contributed by atoms with E-state index in [1.54, 1.807) is 36.7 Å². The van der Waals surface area contributed by atoms with Gasteiger partial charge in [-0.1, -0.05) is 19.9 Å². The van der Waals surface area contributed by atoms with Crippen molar-refractivity contribution in [3.05, 3.63) is 58.9 Å². The molecule has 2 amide bonds. The van der Waals surface area contributed by atoms with Gasteiger partial charge in [-0.05, 0) is 42.7 Å². The molecule has 0 bridgehead atoms. The summed E-state index contributed by atoms with van der Waals surface area (Å²) in [4.78, 5) is 36.5. The van der Waals surface area contributed by atoms with Crippen molar-refractivity contribution in [3.8, 4) is 0 Å². The van der Waals surface area contributed by atoms with Crippen LogP contribution >= 0.6 is 0 Å². The molecule has 1 aromatic heterocycles. The number of nitrogens with zero attached hydrogens (tertiary/aromatic N) is 3. The highest BCUT2D eigenvalue weighted by Crippen LogP contribution is 2.29. The van der Waals surface area contributed by atoms with E-state index < -0.39 is 6.23 Å². The lowest BCUT2D eigenvalue weighted by molar-refractivity contribution is -0.127. The Hall–Kier alpha value is -3.60. The first-order chi connectivity index (χ1) is 17.3. The number of pyridine rings is 1. The number of hydrogen-bond donors (Lipinski definition) is 5. The van der Waals surface area contributed by atoms with E-state index in [4.69, 9.17) is 11.5 Å². The molecule has 1 aliphatic rings. The minimum Gasteiger partial charge on any atom is -0.387 e. The van der Waals surface area contributed by atoms with Gasteiger partial charge in [0.1, 0.15) is 12.1 Å². The second-order valence-electron chi connectivity index (χ2n) is 8.68. The first-order valence-corrected chi connectivity index (χ1v) is 12.2. The SMILES string of the molecule is CCCN(CCC)C(=O)C1=Cc2ccc(C(=O)Nc3cncc(CNC(O)CN)c3)cc2N=C(N)C1. The van der Waals surface area contributed by atoms with Crippen LogP contribution < -0.4 is 22.1 Å². The normalized spacial score (nSPS) is 13.7. The molecule has 1 atom stereocenters. The van der Waals surface area contributed by atoms with Crippen molar-refractivity contribution in [1.82, 2.24) is 15.2 Å². The summed E-state index contributed by atoms with van der Waals surface area (Å²) in [7, 11) is 0. The van der Waals surface area contributed by atoms with Crippen LogP contribution in [0.1, 0.15) is 54.6 Å². The Morgan fingerprint density at radius 3 is 2.61 bits per heavy atom. The fourth-order valence-corrected chi connectivity index (χ4v) is 3.90. The summed E-state index contributed by atoms with van der Waals surface area (Å²) in [6.07, 6.45) is 6.19. The number of aromatic nitrogens is 1. The quantitative estimate of drug-likeness (QED) is 0.300. The minimum atomic E-state index is -0.818. The number of fused-ring (bicyclic) bond motifs is 1. The molecule has 0 aliphatic carbocycles. The smallest absolute Gasteiger partial charge is 0.255 e. The van der Waals surface area contributed by atoms with Crippen molar-refractivity contribution < 1.29 is 14.7 Å². The van der Waals surface area contributed by atoms with E-state index in [-0.39, 0.29) is 24.8 Å². The number of carbonyl (C=O) groups excluding carboxylic acids is 2. The molecule has 0 saturated heterocycles. The highest BCUT2D eigenvalue weighted by Gasteiger charge is 2.21. The highest BCUT2D eigenvalue weighted by atomic mass is 16.3. The van der Waals surface area contributed by atoms with Crippen LogP contribution in [0.5, 0.6) is 0 Å². The number of hydrogen-bond acceptors (Lipinski definition) is 8. The molecule has 192 valence electrons. The summed E-state index contributed by atoms with van der Waals surface area (Å²) in [6, 6.07) is 6.89. The van der Waals surface area contributed by atoms with E-state index in [2.05, 4.69) is 20.6 Å². The molecular formula is C26H35N7O3. The molecule has 10 heteroatoms. The number of benzene rings is 1. The van der Waals surface area contributed by atoms with Gasteiger partial charge in [0.2, 0.25) is 5.91 Å². The van der Waals surface area contributed by atoms with E-state index in [9.17, 15) is 14.7 Å². The molecule has 2 heterocycles. The maximum atomic E-state index is 13.1. The van der Waals surface area contributed by atoms with Crippen LogP contribution in [-0.2, 0) is 11.3 Å². The Balaban J connectivity index is 1.78. The number of amides is 2. The lowest BCUT2D eigenvalue weighted by Gasteiger charge is -2.22. The maximum Gasteiger partial charge on any atom is 0.255 e. The van der Waals surface area contributed by atoms with Crippen molar-refractivity contribution in [2.45, 2.75) is 45.9 Å². The van der Waals surface area contributed by atoms with Gasteiger partial charge < -0.3 is 26.8 Å². The average molecular weight is 494 g/mol. The number of aliphatic hydroxyl groups excluding tert-OH is 1. The topological polar surface area (TPSA) is 159 Å². The van der Waals surface area contributed by atoms with Crippen molar-refractivity contribution in [2.75, 3.05) is 25.0 Å². The Morgan fingerprint density at radius 1 is 1.17 bits per heavy atom. The first-order valence-electron chi connectivity index (χ1n) is 12.2. The van der Waals surface area contributed by atoms with Crippen molar-refractivity contribution in [3.63, 3.8) is 0 Å². The van der Waals surface area contributed by atoms with Gasteiger partial charge in [0, 0.05) is 55.5 Å². The van der Waals surface area contributed by atoms with Crippen LogP contribution in [0.4, 0.5) is 11.4 Å². The van der Waals surface area contributed by atoms with E-state index in [1.807, 2.05) is 24.8 Å². The summed E-state index contributed by atoms with van der Waals surface area (Å²) in [5.74, 6) is -0.0441. The molecule has 1 unspecified atom stereocenters. The van der Waals surface area contributed by atoms with Crippen molar-refractivity contribution in [2.24, 2.45) is 16.5 Å². The highest BCUT2D eigenvalue weighted by molar-refractivity contribution is 6.07. The molecule has 1 aliphatic heterocycles. The molecule has 0 radical (unpaired) electrons. The summed E-state index contributed by atoms with van der Waals surface area (Å²) >= 11 is 0. The van der Waals surface area contributed by atoms with E-state index in [0.29, 0.717) is 48.0 Å². The monoisotopic (exact) mass is 493 g/mol. The van der Waals surface area contributed by atoms with Gasteiger partial charge in [-0.2, -0.15) is 0 Å². The molecule has 0 spiro atoms. The fourth-order valence-electron chi connectivity index (χ4n) is 3.90. The third kappa shape index (κ3) is 7.20. The Labute approximate surface area is 211 Å². The maximum absolute atomic E-state index is 13.1.